The first kappa shape index (κ1) is 18.4. The van der Waals surface area contributed by atoms with Gasteiger partial charge in [0.1, 0.15) is 5.58 Å². The van der Waals surface area contributed by atoms with Crippen molar-refractivity contribution in [3.63, 3.8) is 0 Å². The molecule has 0 aliphatic carbocycles. The van der Waals surface area contributed by atoms with Crippen molar-refractivity contribution in [1.82, 2.24) is 9.55 Å². The first-order valence-corrected chi connectivity index (χ1v) is 10.1. The van der Waals surface area contributed by atoms with Gasteiger partial charge in [-0.15, -0.1) is 0 Å². The van der Waals surface area contributed by atoms with E-state index in [1.54, 1.807) is 24.9 Å². The number of thioether (sulfide) groups is 1. The summed E-state index contributed by atoms with van der Waals surface area (Å²) in [6.45, 7) is 2.85. The predicted octanol–water partition coefficient (Wildman–Crippen LogP) is 5.15. The lowest BCUT2D eigenvalue weighted by Gasteiger charge is -2.08. The van der Waals surface area contributed by atoms with Crippen LogP contribution in [0.15, 0.2) is 76.6 Å². The molecule has 6 heteroatoms. The van der Waals surface area contributed by atoms with E-state index in [1.165, 1.54) is 5.56 Å². The van der Waals surface area contributed by atoms with Crippen LogP contribution < -0.4 is 0 Å². The van der Waals surface area contributed by atoms with Crippen LogP contribution in [0, 0.1) is 0 Å². The standard InChI is InChI=1S/C22H20N2O3S/c1-2-26-21(25)20-18(17-10-6-7-11-19(17)27-20)15-28-22-23-12-13-24(22)14-16-8-4-3-5-9-16/h3-13H,2,14-15H2,1H3. The molecule has 2 aromatic carbocycles. The van der Waals surface area contributed by atoms with Gasteiger partial charge in [-0.3, -0.25) is 0 Å². The molecule has 0 saturated carbocycles. The predicted molar refractivity (Wildman–Crippen MR) is 110 cm³/mol. The highest BCUT2D eigenvalue weighted by atomic mass is 32.2. The Morgan fingerprint density at radius 1 is 1.14 bits per heavy atom. The molecule has 28 heavy (non-hydrogen) atoms. The largest absolute Gasteiger partial charge is 0.460 e. The first-order valence-electron chi connectivity index (χ1n) is 9.11. The molecule has 0 fully saturated rings. The van der Waals surface area contributed by atoms with Gasteiger partial charge in [0.05, 0.1) is 6.61 Å². The Bertz CT molecular complexity index is 1090. The fraction of sp³-hybridized carbons (Fsp3) is 0.182. The third-order valence-electron chi connectivity index (χ3n) is 4.38. The van der Waals surface area contributed by atoms with Crippen molar-refractivity contribution in [2.45, 2.75) is 24.4 Å². The molecule has 2 heterocycles. The molecule has 0 aliphatic rings. The molecule has 0 saturated heterocycles. The normalized spacial score (nSPS) is 11.0. The van der Waals surface area contributed by atoms with Gasteiger partial charge in [0.25, 0.3) is 0 Å². The number of esters is 1. The molecule has 2 aromatic heterocycles. The van der Waals surface area contributed by atoms with Crippen molar-refractivity contribution in [1.29, 1.82) is 0 Å². The molecule has 4 aromatic rings. The van der Waals surface area contributed by atoms with E-state index in [0.717, 1.165) is 22.7 Å². The number of furan rings is 1. The van der Waals surface area contributed by atoms with Crippen LogP contribution in [0.4, 0.5) is 0 Å². The van der Waals surface area contributed by atoms with Crippen LogP contribution in [0.2, 0.25) is 0 Å². The van der Waals surface area contributed by atoms with Crippen molar-refractivity contribution < 1.29 is 13.9 Å². The zero-order chi connectivity index (χ0) is 19.3. The Morgan fingerprint density at radius 3 is 2.75 bits per heavy atom. The third-order valence-corrected chi connectivity index (χ3v) is 5.41. The van der Waals surface area contributed by atoms with Crippen molar-refractivity contribution in [3.8, 4) is 0 Å². The summed E-state index contributed by atoms with van der Waals surface area (Å²) in [5, 5.41) is 1.82. The number of para-hydroxylation sites is 1. The summed E-state index contributed by atoms with van der Waals surface area (Å²) in [5.74, 6) is 0.412. The van der Waals surface area contributed by atoms with E-state index < -0.39 is 5.97 Å². The van der Waals surface area contributed by atoms with Crippen molar-refractivity contribution in [3.05, 3.63) is 83.9 Å². The summed E-state index contributed by atoms with van der Waals surface area (Å²) in [7, 11) is 0. The molecule has 5 nitrogen and oxygen atoms in total. The quantitative estimate of drug-likeness (QED) is 0.322. The zero-order valence-corrected chi connectivity index (χ0v) is 16.3. The average molecular weight is 392 g/mol. The van der Waals surface area contributed by atoms with E-state index >= 15 is 0 Å². The van der Waals surface area contributed by atoms with E-state index in [2.05, 4.69) is 21.7 Å². The minimum atomic E-state index is -0.429. The summed E-state index contributed by atoms with van der Waals surface area (Å²) >= 11 is 1.58. The van der Waals surface area contributed by atoms with Gasteiger partial charge in [0, 0.05) is 35.6 Å². The summed E-state index contributed by atoms with van der Waals surface area (Å²) in [5.41, 5.74) is 2.74. The molecule has 0 atom stereocenters. The van der Waals surface area contributed by atoms with E-state index in [4.69, 9.17) is 9.15 Å². The summed E-state index contributed by atoms with van der Waals surface area (Å²) in [6.07, 6.45) is 3.76. The van der Waals surface area contributed by atoms with E-state index in [9.17, 15) is 4.79 Å². The number of rotatable bonds is 7. The summed E-state index contributed by atoms with van der Waals surface area (Å²) < 4.78 is 13.1. The minimum Gasteiger partial charge on any atom is -0.460 e. The highest BCUT2D eigenvalue weighted by molar-refractivity contribution is 7.98. The Kier molecular flexibility index (Phi) is 5.48. The van der Waals surface area contributed by atoms with E-state index in [0.29, 0.717) is 17.9 Å². The number of imidazole rings is 1. The topological polar surface area (TPSA) is 57.3 Å². The fourth-order valence-corrected chi connectivity index (χ4v) is 4.06. The fourth-order valence-electron chi connectivity index (χ4n) is 3.08. The molecule has 0 radical (unpaired) electrons. The second-order valence-corrected chi connectivity index (χ2v) is 7.18. The van der Waals surface area contributed by atoms with Gasteiger partial charge >= 0.3 is 5.97 Å². The van der Waals surface area contributed by atoms with Crippen LogP contribution >= 0.6 is 11.8 Å². The molecular formula is C22H20N2O3S. The molecule has 0 bridgehead atoms. The van der Waals surface area contributed by atoms with Crippen LogP contribution in [0.25, 0.3) is 11.0 Å². The molecule has 0 N–H and O–H groups in total. The van der Waals surface area contributed by atoms with Gasteiger partial charge in [-0.05, 0) is 18.6 Å². The number of carbonyl (C=O) groups is 1. The summed E-state index contributed by atoms with van der Waals surface area (Å²) in [6, 6.07) is 17.9. The minimum absolute atomic E-state index is 0.275. The number of hydrogen-bond donors (Lipinski definition) is 0. The lowest BCUT2D eigenvalue weighted by molar-refractivity contribution is 0.0491. The number of hydrogen-bond acceptors (Lipinski definition) is 5. The Hall–Kier alpha value is -2.99. The maximum atomic E-state index is 12.4. The Balaban J connectivity index is 1.59. The molecule has 0 amide bonds. The zero-order valence-electron chi connectivity index (χ0n) is 15.5. The van der Waals surface area contributed by atoms with Gasteiger partial charge in [0.15, 0.2) is 5.16 Å². The molecule has 142 valence electrons. The van der Waals surface area contributed by atoms with Gasteiger partial charge in [-0.25, -0.2) is 9.78 Å². The molecule has 0 spiro atoms. The van der Waals surface area contributed by atoms with Crippen LogP contribution in [-0.2, 0) is 17.0 Å². The van der Waals surface area contributed by atoms with Crippen LogP contribution in [0.5, 0.6) is 0 Å². The van der Waals surface area contributed by atoms with Crippen LogP contribution in [0.3, 0.4) is 0 Å². The molecule has 0 aliphatic heterocycles. The monoisotopic (exact) mass is 392 g/mol. The molecular weight excluding hydrogens is 372 g/mol. The van der Waals surface area contributed by atoms with Crippen LogP contribution in [0.1, 0.15) is 28.6 Å². The SMILES string of the molecule is CCOC(=O)c1oc2ccccc2c1CSc1nccn1Cc1ccccc1. The lowest BCUT2D eigenvalue weighted by Crippen LogP contribution is -2.06. The number of ether oxygens (including phenoxy) is 1. The molecule has 4 rings (SSSR count). The second kappa shape index (κ2) is 8.35. The number of fused-ring (bicyclic) bond motifs is 1. The van der Waals surface area contributed by atoms with E-state index in [-0.39, 0.29) is 5.76 Å². The number of nitrogens with zero attached hydrogens (tertiary/aromatic N) is 2. The average Bonchev–Trinajstić information content (AvgIpc) is 3.31. The lowest BCUT2D eigenvalue weighted by atomic mass is 10.1. The van der Waals surface area contributed by atoms with Gasteiger partial charge in [-0.1, -0.05) is 60.3 Å². The number of benzene rings is 2. The van der Waals surface area contributed by atoms with Gasteiger partial charge in [-0.2, -0.15) is 0 Å². The summed E-state index contributed by atoms with van der Waals surface area (Å²) in [4.78, 5) is 16.8. The maximum Gasteiger partial charge on any atom is 0.374 e. The highest BCUT2D eigenvalue weighted by Crippen LogP contribution is 2.32. The number of aromatic nitrogens is 2. The van der Waals surface area contributed by atoms with Gasteiger partial charge < -0.3 is 13.7 Å². The second-order valence-electron chi connectivity index (χ2n) is 6.24. The third kappa shape index (κ3) is 3.82. The van der Waals surface area contributed by atoms with Gasteiger partial charge in [0.2, 0.25) is 5.76 Å². The number of carbonyl (C=O) groups excluding carboxylic acids is 1. The van der Waals surface area contributed by atoms with Crippen LogP contribution in [-0.4, -0.2) is 22.1 Å². The molecule has 0 unspecified atom stereocenters. The Labute approximate surface area is 167 Å². The smallest absolute Gasteiger partial charge is 0.374 e. The first-order chi connectivity index (χ1) is 13.8. The Morgan fingerprint density at radius 2 is 1.93 bits per heavy atom. The van der Waals surface area contributed by atoms with Crippen molar-refractivity contribution in [2.24, 2.45) is 0 Å². The van der Waals surface area contributed by atoms with Crippen molar-refractivity contribution >= 4 is 28.7 Å². The maximum absolute atomic E-state index is 12.4. The van der Waals surface area contributed by atoms with E-state index in [1.807, 2.05) is 48.7 Å². The highest BCUT2D eigenvalue weighted by Gasteiger charge is 2.22. The van der Waals surface area contributed by atoms with Crippen molar-refractivity contribution in [2.75, 3.05) is 6.61 Å².